The minimum Gasteiger partial charge on any atom is -0.483 e. The van der Waals surface area contributed by atoms with Gasteiger partial charge in [0.1, 0.15) is 17.4 Å². The number of hydrogen-bond donors (Lipinski definition) is 3. The predicted octanol–water partition coefficient (Wildman–Crippen LogP) is 4.59. The zero-order valence-electron chi connectivity index (χ0n) is 26.6. The molecule has 3 N–H and O–H groups in total. The fourth-order valence-electron chi connectivity index (χ4n) is 5.02. The molecule has 0 saturated carbocycles. The molecular formula is C34H34N6O8. The normalized spacial score (nSPS) is 16.1. The van der Waals surface area contributed by atoms with Gasteiger partial charge < -0.3 is 20.1 Å². The van der Waals surface area contributed by atoms with Gasteiger partial charge in [-0.05, 0) is 87.7 Å². The van der Waals surface area contributed by atoms with Crippen LogP contribution in [0, 0.1) is 0 Å². The number of nitrogens with one attached hydrogen (secondary N) is 3. The second kappa shape index (κ2) is 14.2. The molecule has 1 saturated heterocycles. The first kappa shape index (κ1) is 33.4. The predicted molar refractivity (Wildman–Crippen MR) is 172 cm³/mol. The van der Waals surface area contributed by atoms with Crippen molar-refractivity contribution in [2.45, 2.75) is 51.7 Å². The highest BCUT2D eigenvalue weighted by atomic mass is 16.6. The van der Waals surface area contributed by atoms with E-state index in [2.05, 4.69) is 26.2 Å². The molecule has 3 aromatic carbocycles. The van der Waals surface area contributed by atoms with E-state index in [1.165, 1.54) is 18.2 Å². The Hall–Kier alpha value is -5.92. The number of amides is 6. The molecule has 0 aromatic heterocycles. The maximum Gasteiger partial charge on any atom is 0.407 e. The van der Waals surface area contributed by atoms with Crippen LogP contribution in [0.15, 0.2) is 77.0 Å². The third-order valence-corrected chi connectivity index (χ3v) is 7.24. The average Bonchev–Trinajstić information content (AvgIpc) is 3.29. The molecule has 248 valence electrons. The maximum atomic E-state index is 13.2. The van der Waals surface area contributed by atoms with Crippen LogP contribution in [0.2, 0.25) is 0 Å². The maximum absolute atomic E-state index is 13.2. The smallest absolute Gasteiger partial charge is 0.407 e. The second-order valence-electron chi connectivity index (χ2n) is 12.1. The van der Waals surface area contributed by atoms with Crippen LogP contribution in [0.4, 0.5) is 21.9 Å². The van der Waals surface area contributed by atoms with Crippen LogP contribution >= 0.6 is 0 Å². The second-order valence-corrected chi connectivity index (χ2v) is 12.1. The van der Waals surface area contributed by atoms with Gasteiger partial charge in [0, 0.05) is 18.7 Å². The van der Waals surface area contributed by atoms with Crippen LogP contribution in [0.5, 0.6) is 5.75 Å². The highest BCUT2D eigenvalue weighted by Gasteiger charge is 2.46. The van der Waals surface area contributed by atoms with Gasteiger partial charge in [0.25, 0.3) is 17.7 Å². The first-order chi connectivity index (χ1) is 22.9. The fraction of sp³-hybridized carbons (Fsp3) is 0.294. The SMILES string of the molecule is CC(C)(C)OC(=O)NCCc1ccc(N=Nc2ccc(NC(=O)COc3cccc4c3C(=O)N(C3CCC(=O)NC3=O)C4=O)cc2)cc1. The molecule has 5 rings (SSSR count). The monoisotopic (exact) mass is 654 g/mol. The number of anilines is 1. The molecule has 3 aromatic rings. The minimum absolute atomic E-state index is 0.00415. The van der Waals surface area contributed by atoms with E-state index < -0.39 is 53.9 Å². The van der Waals surface area contributed by atoms with E-state index in [1.807, 2.05) is 24.3 Å². The van der Waals surface area contributed by atoms with Crippen molar-refractivity contribution in [3.8, 4) is 5.75 Å². The number of alkyl carbamates (subject to hydrolysis) is 1. The van der Waals surface area contributed by atoms with Gasteiger partial charge in [0.2, 0.25) is 11.8 Å². The zero-order chi connectivity index (χ0) is 34.4. The number of piperidine rings is 1. The van der Waals surface area contributed by atoms with E-state index in [9.17, 15) is 28.8 Å². The number of nitrogens with zero attached hydrogens (tertiary/aromatic N) is 3. The highest BCUT2D eigenvalue weighted by molar-refractivity contribution is 6.24. The van der Waals surface area contributed by atoms with Crippen LogP contribution in [-0.2, 0) is 25.5 Å². The summed E-state index contributed by atoms with van der Waals surface area (Å²) in [6, 6.07) is 17.4. The standard InChI is InChI=1S/C34H34N6O8/c1-34(2,3)48-33(46)35-18-17-20-7-9-22(10-8-20)38-39-23-13-11-21(12-14-23)36-28(42)19-47-26-6-4-5-24-29(26)32(45)40(31(24)44)25-15-16-27(41)37-30(25)43/h4-14,25H,15-19H2,1-3H3,(H,35,46)(H,36,42)(H,37,41,43). The number of carbonyl (C=O) groups is 6. The Labute approximate surface area is 275 Å². The Morgan fingerprint density at radius 1 is 0.917 bits per heavy atom. The lowest BCUT2D eigenvalue weighted by molar-refractivity contribution is -0.136. The fourth-order valence-corrected chi connectivity index (χ4v) is 5.02. The number of fused-ring (bicyclic) bond motifs is 1. The molecular weight excluding hydrogens is 620 g/mol. The number of imide groups is 2. The lowest BCUT2D eigenvalue weighted by Gasteiger charge is -2.27. The number of benzene rings is 3. The summed E-state index contributed by atoms with van der Waals surface area (Å²) in [5.41, 5.74) is 2.14. The van der Waals surface area contributed by atoms with E-state index in [0.717, 1.165) is 10.5 Å². The average molecular weight is 655 g/mol. The van der Waals surface area contributed by atoms with Crippen molar-refractivity contribution >= 4 is 52.7 Å². The molecule has 2 aliphatic rings. The van der Waals surface area contributed by atoms with Gasteiger partial charge in [-0.1, -0.05) is 18.2 Å². The summed E-state index contributed by atoms with van der Waals surface area (Å²) < 4.78 is 10.9. The molecule has 6 amide bonds. The van der Waals surface area contributed by atoms with Crippen molar-refractivity contribution in [2.24, 2.45) is 10.2 Å². The van der Waals surface area contributed by atoms with Crippen molar-refractivity contribution < 1.29 is 38.2 Å². The molecule has 0 bridgehead atoms. The molecule has 14 heteroatoms. The first-order valence-electron chi connectivity index (χ1n) is 15.2. The van der Waals surface area contributed by atoms with Crippen LogP contribution in [0.25, 0.3) is 0 Å². The number of carbonyl (C=O) groups excluding carboxylic acids is 6. The van der Waals surface area contributed by atoms with Gasteiger partial charge in [0.15, 0.2) is 6.61 Å². The Balaban J connectivity index is 1.10. The molecule has 48 heavy (non-hydrogen) atoms. The molecule has 2 heterocycles. The Morgan fingerprint density at radius 3 is 2.23 bits per heavy atom. The van der Waals surface area contributed by atoms with Gasteiger partial charge in [0.05, 0.1) is 22.5 Å². The lowest BCUT2D eigenvalue weighted by Crippen LogP contribution is -2.54. The van der Waals surface area contributed by atoms with E-state index in [-0.39, 0.29) is 29.7 Å². The molecule has 0 spiro atoms. The summed E-state index contributed by atoms with van der Waals surface area (Å²) in [6.07, 6.45) is 0.202. The summed E-state index contributed by atoms with van der Waals surface area (Å²) in [4.78, 5) is 75.3. The Morgan fingerprint density at radius 2 is 1.58 bits per heavy atom. The van der Waals surface area contributed by atoms with Crippen molar-refractivity contribution in [3.63, 3.8) is 0 Å². The van der Waals surface area contributed by atoms with E-state index >= 15 is 0 Å². The number of azo groups is 1. The molecule has 1 fully saturated rings. The van der Waals surface area contributed by atoms with Gasteiger partial charge in [-0.15, -0.1) is 0 Å². The first-order valence-corrected chi connectivity index (χ1v) is 15.2. The number of ether oxygens (including phenoxy) is 2. The topological polar surface area (TPSA) is 185 Å². The molecule has 14 nitrogen and oxygen atoms in total. The summed E-state index contributed by atoms with van der Waals surface area (Å²) in [7, 11) is 0. The van der Waals surface area contributed by atoms with Gasteiger partial charge in [-0.2, -0.15) is 10.2 Å². The molecule has 0 aliphatic carbocycles. The van der Waals surface area contributed by atoms with Crippen LogP contribution in [-0.4, -0.2) is 65.3 Å². The third kappa shape index (κ3) is 8.26. The van der Waals surface area contributed by atoms with Gasteiger partial charge in [-0.25, -0.2) is 4.79 Å². The number of hydrogen-bond acceptors (Lipinski definition) is 10. The minimum atomic E-state index is -1.11. The van der Waals surface area contributed by atoms with Crippen LogP contribution in [0.3, 0.4) is 0 Å². The lowest BCUT2D eigenvalue weighted by atomic mass is 10.0. The molecule has 2 aliphatic heterocycles. The Bertz CT molecular complexity index is 1780. The molecule has 0 radical (unpaired) electrons. The summed E-state index contributed by atoms with van der Waals surface area (Å²) in [5, 5.41) is 16.0. The molecule has 1 atom stereocenters. The zero-order valence-corrected chi connectivity index (χ0v) is 26.6. The van der Waals surface area contributed by atoms with E-state index in [1.54, 1.807) is 45.0 Å². The van der Waals surface area contributed by atoms with Crippen molar-refractivity contribution in [3.05, 3.63) is 83.4 Å². The van der Waals surface area contributed by atoms with Crippen LogP contribution in [0.1, 0.15) is 59.9 Å². The summed E-state index contributed by atoms with van der Waals surface area (Å²) in [5.74, 6) is -3.06. The molecule has 1 unspecified atom stereocenters. The summed E-state index contributed by atoms with van der Waals surface area (Å²) >= 11 is 0. The van der Waals surface area contributed by atoms with E-state index in [0.29, 0.717) is 30.0 Å². The summed E-state index contributed by atoms with van der Waals surface area (Å²) in [6.45, 7) is 5.40. The quantitative estimate of drug-likeness (QED) is 0.209. The Kier molecular flexibility index (Phi) is 9.92. The van der Waals surface area contributed by atoms with Crippen molar-refractivity contribution in [2.75, 3.05) is 18.5 Å². The number of rotatable bonds is 10. The third-order valence-electron chi connectivity index (χ3n) is 7.24. The van der Waals surface area contributed by atoms with Gasteiger partial charge in [-0.3, -0.25) is 34.2 Å². The van der Waals surface area contributed by atoms with Crippen molar-refractivity contribution in [1.82, 2.24) is 15.5 Å². The largest absolute Gasteiger partial charge is 0.483 e. The highest BCUT2D eigenvalue weighted by Crippen LogP contribution is 2.33. The van der Waals surface area contributed by atoms with Gasteiger partial charge >= 0.3 is 6.09 Å². The van der Waals surface area contributed by atoms with E-state index in [4.69, 9.17) is 9.47 Å². The van der Waals surface area contributed by atoms with Crippen LogP contribution < -0.4 is 20.7 Å². The van der Waals surface area contributed by atoms with Crippen molar-refractivity contribution in [1.29, 1.82) is 0 Å².